The van der Waals surface area contributed by atoms with Gasteiger partial charge in [0.15, 0.2) is 0 Å². The van der Waals surface area contributed by atoms with Gasteiger partial charge in [-0.2, -0.15) is 0 Å². The van der Waals surface area contributed by atoms with Gasteiger partial charge in [0, 0.05) is 11.6 Å². The van der Waals surface area contributed by atoms with Gasteiger partial charge in [0.2, 0.25) is 5.88 Å². The third-order valence-corrected chi connectivity index (χ3v) is 3.55. The number of nitrogens with zero attached hydrogens (tertiary/aromatic N) is 1. The van der Waals surface area contributed by atoms with Crippen molar-refractivity contribution < 1.29 is 9.53 Å². The van der Waals surface area contributed by atoms with Crippen LogP contribution in [-0.2, 0) is 0 Å². The zero-order valence-corrected chi connectivity index (χ0v) is 13.6. The van der Waals surface area contributed by atoms with Gasteiger partial charge < -0.3 is 10.1 Å². The predicted molar refractivity (Wildman–Crippen MR) is 94.6 cm³/mol. The van der Waals surface area contributed by atoms with E-state index < -0.39 is 0 Å². The van der Waals surface area contributed by atoms with Crippen molar-refractivity contribution >= 4 is 11.6 Å². The molecule has 24 heavy (non-hydrogen) atoms. The Morgan fingerprint density at radius 2 is 1.50 bits per heavy atom. The van der Waals surface area contributed by atoms with Crippen LogP contribution in [0.3, 0.4) is 0 Å². The van der Waals surface area contributed by atoms with E-state index in [1.54, 1.807) is 30.5 Å². The Hall–Kier alpha value is -3.14. The van der Waals surface area contributed by atoms with Crippen LogP contribution in [-0.4, -0.2) is 10.9 Å². The number of ether oxygens (including phenoxy) is 1. The fraction of sp³-hybridized carbons (Fsp3) is 0.100. The monoisotopic (exact) mass is 318 g/mol. The first-order valence-electron chi connectivity index (χ1n) is 7.69. The van der Waals surface area contributed by atoms with E-state index in [1.807, 2.05) is 50.2 Å². The maximum Gasteiger partial charge on any atom is 0.255 e. The van der Waals surface area contributed by atoms with Crippen molar-refractivity contribution in [2.45, 2.75) is 13.8 Å². The molecule has 120 valence electrons. The molecule has 0 bridgehead atoms. The molecule has 0 atom stereocenters. The van der Waals surface area contributed by atoms with E-state index in [2.05, 4.69) is 10.3 Å². The number of carbonyl (C=O) groups excluding carboxylic acids is 1. The molecule has 0 aliphatic rings. The van der Waals surface area contributed by atoms with E-state index in [1.165, 1.54) is 5.56 Å². The molecule has 1 amide bonds. The van der Waals surface area contributed by atoms with Crippen molar-refractivity contribution in [1.29, 1.82) is 0 Å². The van der Waals surface area contributed by atoms with Crippen LogP contribution in [0.2, 0.25) is 0 Å². The Morgan fingerprint density at radius 1 is 0.875 bits per heavy atom. The third kappa shape index (κ3) is 3.98. The summed E-state index contributed by atoms with van der Waals surface area (Å²) in [5.74, 6) is 1.04. The molecule has 0 saturated heterocycles. The highest BCUT2D eigenvalue weighted by molar-refractivity contribution is 6.04. The number of amides is 1. The summed E-state index contributed by atoms with van der Waals surface area (Å²) in [5, 5.41) is 2.82. The molecular weight excluding hydrogens is 300 g/mol. The van der Waals surface area contributed by atoms with Crippen molar-refractivity contribution in [2.24, 2.45) is 0 Å². The van der Waals surface area contributed by atoms with Crippen molar-refractivity contribution in [1.82, 2.24) is 4.98 Å². The second kappa shape index (κ2) is 6.96. The zero-order chi connectivity index (χ0) is 16.9. The van der Waals surface area contributed by atoms with Crippen LogP contribution in [0.5, 0.6) is 11.6 Å². The minimum Gasteiger partial charge on any atom is -0.439 e. The SMILES string of the molecule is Cc1ccc(Oc2ccc(NC(=O)c3ccc(C)cc3)cn2)cc1. The number of rotatable bonds is 4. The smallest absolute Gasteiger partial charge is 0.255 e. The highest BCUT2D eigenvalue weighted by Gasteiger charge is 2.06. The van der Waals surface area contributed by atoms with Gasteiger partial charge in [-0.15, -0.1) is 0 Å². The molecule has 4 heteroatoms. The molecule has 0 saturated carbocycles. The molecule has 0 fully saturated rings. The molecule has 3 rings (SSSR count). The van der Waals surface area contributed by atoms with Gasteiger partial charge in [0.25, 0.3) is 5.91 Å². The Kier molecular flexibility index (Phi) is 4.57. The highest BCUT2D eigenvalue weighted by Crippen LogP contribution is 2.21. The standard InChI is InChI=1S/C20H18N2O2/c1-14-3-7-16(8-4-14)20(23)22-17-9-12-19(21-13-17)24-18-10-5-15(2)6-11-18/h3-13H,1-2H3,(H,22,23). The van der Waals surface area contributed by atoms with Crippen molar-refractivity contribution in [3.63, 3.8) is 0 Å². The topological polar surface area (TPSA) is 51.2 Å². The third-order valence-electron chi connectivity index (χ3n) is 3.55. The second-order valence-electron chi connectivity index (χ2n) is 5.62. The molecule has 1 N–H and O–H groups in total. The fourth-order valence-electron chi connectivity index (χ4n) is 2.15. The first-order chi connectivity index (χ1) is 11.6. The number of aryl methyl sites for hydroxylation is 2. The maximum absolute atomic E-state index is 12.2. The minimum atomic E-state index is -0.163. The van der Waals surface area contributed by atoms with Gasteiger partial charge >= 0.3 is 0 Å². The number of anilines is 1. The molecule has 1 heterocycles. The summed E-state index contributed by atoms with van der Waals surface area (Å²) in [7, 11) is 0. The molecule has 0 radical (unpaired) electrons. The van der Waals surface area contributed by atoms with Crippen LogP contribution in [0.4, 0.5) is 5.69 Å². The lowest BCUT2D eigenvalue weighted by Crippen LogP contribution is -2.11. The molecule has 0 spiro atoms. The van der Waals surface area contributed by atoms with Gasteiger partial charge in [-0.3, -0.25) is 4.79 Å². The van der Waals surface area contributed by atoms with Crippen molar-refractivity contribution in [3.8, 4) is 11.6 Å². The lowest BCUT2D eigenvalue weighted by molar-refractivity contribution is 0.102. The average molecular weight is 318 g/mol. The highest BCUT2D eigenvalue weighted by atomic mass is 16.5. The lowest BCUT2D eigenvalue weighted by Gasteiger charge is -2.07. The summed E-state index contributed by atoms with van der Waals surface area (Å²) in [5.41, 5.74) is 3.52. The molecule has 0 unspecified atom stereocenters. The molecule has 1 aromatic heterocycles. The predicted octanol–water partition coefficient (Wildman–Crippen LogP) is 4.74. The van der Waals surface area contributed by atoms with E-state index in [0.29, 0.717) is 17.1 Å². The first kappa shape index (κ1) is 15.7. The number of hydrogen-bond acceptors (Lipinski definition) is 3. The van der Waals surface area contributed by atoms with E-state index in [-0.39, 0.29) is 5.91 Å². The quantitative estimate of drug-likeness (QED) is 0.755. The maximum atomic E-state index is 12.2. The van der Waals surface area contributed by atoms with E-state index >= 15 is 0 Å². The van der Waals surface area contributed by atoms with E-state index in [9.17, 15) is 4.79 Å². The molecular formula is C20H18N2O2. The molecule has 3 aromatic rings. The first-order valence-corrected chi connectivity index (χ1v) is 7.69. The molecule has 0 aliphatic heterocycles. The summed E-state index contributed by atoms with van der Waals surface area (Å²) in [6.45, 7) is 4.01. The Labute approximate surface area is 141 Å². The van der Waals surface area contributed by atoms with Gasteiger partial charge in [-0.25, -0.2) is 4.98 Å². The van der Waals surface area contributed by atoms with E-state index in [4.69, 9.17) is 4.74 Å². The Balaban J connectivity index is 1.64. The van der Waals surface area contributed by atoms with Gasteiger partial charge in [-0.05, 0) is 44.2 Å². The summed E-state index contributed by atoms with van der Waals surface area (Å²) in [4.78, 5) is 16.4. The lowest BCUT2D eigenvalue weighted by atomic mass is 10.1. The summed E-state index contributed by atoms with van der Waals surface area (Å²) < 4.78 is 5.67. The summed E-state index contributed by atoms with van der Waals surface area (Å²) >= 11 is 0. The molecule has 2 aromatic carbocycles. The summed E-state index contributed by atoms with van der Waals surface area (Å²) in [6, 6.07) is 18.6. The van der Waals surface area contributed by atoms with Crippen LogP contribution in [0.25, 0.3) is 0 Å². The minimum absolute atomic E-state index is 0.163. The van der Waals surface area contributed by atoms with Gasteiger partial charge in [-0.1, -0.05) is 35.4 Å². The van der Waals surface area contributed by atoms with Gasteiger partial charge in [0.05, 0.1) is 11.9 Å². The normalized spacial score (nSPS) is 10.2. The zero-order valence-electron chi connectivity index (χ0n) is 13.6. The largest absolute Gasteiger partial charge is 0.439 e. The van der Waals surface area contributed by atoms with Crippen molar-refractivity contribution in [3.05, 3.63) is 83.6 Å². The van der Waals surface area contributed by atoms with Crippen LogP contribution >= 0.6 is 0 Å². The fourth-order valence-corrected chi connectivity index (χ4v) is 2.15. The number of nitrogens with one attached hydrogen (secondary N) is 1. The van der Waals surface area contributed by atoms with Crippen molar-refractivity contribution in [2.75, 3.05) is 5.32 Å². The molecule has 0 aliphatic carbocycles. The number of aromatic nitrogens is 1. The van der Waals surface area contributed by atoms with Crippen LogP contribution < -0.4 is 10.1 Å². The number of pyridine rings is 1. The van der Waals surface area contributed by atoms with Crippen LogP contribution in [0.15, 0.2) is 66.9 Å². The van der Waals surface area contributed by atoms with Gasteiger partial charge in [0.1, 0.15) is 5.75 Å². The number of hydrogen-bond donors (Lipinski definition) is 1. The Morgan fingerprint density at radius 3 is 2.08 bits per heavy atom. The number of carbonyl (C=O) groups is 1. The number of benzene rings is 2. The molecule has 4 nitrogen and oxygen atoms in total. The summed E-state index contributed by atoms with van der Waals surface area (Å²) in [6.07, 6.45) is 1.58. The Bertz CT molecular complexity index is 823. The van der Waals surface area contributed by atoms with Crippen LogP contribution in [0, 0.1) is 13.8 Å². The average Bonchev–Trinajstić information content (AvgIpc) is 2.59. The van der Waals surface area contributed by atoms with Crippen LogP contribution in [0.1, 0.15) is 21.5 Å². The van der Waals surface area contributed by atoms with E-state index in [0.717, 1.165) is 11.3 Å². The second-order valence-corrected chi connectivity index (χ2v) is 5.62.